The van der Waals surface area contributed by atoms with Gasteiger partial charge < -0.3 is 20.1 Å². The molecule has 0 unspecified atom stereocenters. The summed E-state index contributed by atoms with van der Waals surface area (Å²) >= 11 is 0. The van der Waals surface area contributed by atoms with Gasteiger partial charge in [-0.25, -0.2) is 0 Å². The van der Waals surface area contributed by atoms with E-state index in [0.717, 1.165) is 70.5 Å². The van der Waals surface area contributed by atoms with Crippen molar-refractivity contribution in [1.82, 2.24) is 15.5 Å². The molecule has 0 aromatic heterocycles. The van der Waals surface area contributed by atoms with Crippen molar-refractivity contribution in [2.75, 3.05) is 60.1 Å². The molecule has 1 saturated heterocycles. The summed E-state index contributed by atoms with van der Waals surface area (Å²) in [6.07, 6.45) is 3.31. The molecule has 26 heavy (non-hydrogen) atoms. The van der Waals surface area contributed by atoms with Crippen molar-refractivity contribution >= 4 is 29.9 Å². The van der Waals surface area contributed by atoms with Crippen molar-refractivity contribution in [2.24, 2.45) is 4.99 Å². The van der Waals surface area contributed by atoms with E-state index >= 15 is 0 Å². The number of rotatable bonds is 9. The smallest absolute Gasteiger partial charge is 0.190 e. The van der Waals surface area contributed by atoms with Crippen LogP contribution in [0.25, 0.3) is 0 Å². The molecule has 1 fully saturated rings. The molecule has 1 aromatic carbocycles. The van der Waals surface area contributed by atoms with Crippen LogP contribution in [0.2, 0.25) is 0 Å². The summed E-state index contributed by atoms with van der Waals surface area (Å²) in [7, 11) is 3.50. The summed E-state index contributed by atoms with van der Waals surface area (Å²) in [6, 6.07) is 8.19. The molecule has 1 heterocycles. The lowest BCUT2D eigenvalue weighted by atomic mass is 10.1. The lowest BCUT2D eigenvalue weighted by Gasteiger charge is -2.26. The van der Waals surface area contributed by atoms with Crippen LogP contribution in [0.15, 0.2) is 29.3 Å². The summed E-state index contributed by atoms with van der Waals surface area (Å²) in [5, 5.41) is 6.75. The predicted octanol–water partition coefficient (Wildman–Crippen LogP) is 2.13. The van der Waals surface area contributed by atoms with E-state index in [1.807, 2.05) is 19.2 Å². The van der Waals surface area contributed by atoms with E-state index in [0.29, 0.717) is 0 Å². The molecule has 1 aliphatic heterocycles. The number of morpholine rings is 1. The minimum atomic E-state index is 0. The molecular weight excluding hydrogens is 443 g/mol. The van der Waals surface area contributed by atoms with Gasteiger partial charge in [-0.15, -0.1) is 24.0 Å². The Hall–Kier alpha value is -1.06. The zero-order valence-electron chi connectivity index (χ0n) is 16.0. The van der Waals surface area contributed by atoms with Crippen LogP contribution in [0, 0.1) is 0 Å². The highest BCUT2D eigenvalue weighted by molar-refractivity contribution is 14.0. The quantitative estimate of drug-likeness (QED) is 0.248. The molecule has 1 aromatic rings. The van der Waals surface area contributed by atoms with Gasteiger partial charge in [0, 0.05) is 33.2 Å². The van der Waals surface area contributed by atoms with Crippen molar-refractivity contribution in [3.05, 3.63) is 29.8 Å². The SMILES string of the molecule is CN=C(NCCCCN1CCOCC1)NCCc1ccc(OC)cc1.I. The molecule has 0 atom stereocenters. The fraction of sp³-hybridized carbons (Fsp3) is 0.632. The van der Waals surface area contributed by atoms with Gasteiger partial charge in [-0.3, -0.25) is 9.89 Å². The number of guanidine groups is 1. The number of nitrogens with one attached hydrogen (secondary N) is 2. The number of aliphatic imine (C=N–C) groups is 1. The van der Waals surface area contributed by atoms with Crippen molar-refractivity contribution in [3.8, 4) is 5.75 Å². The standard InChI is InChI=1S/C19H32N4O2.HI/c1-20-19(21-10-3-4-12-23-13-15-25-16-14-23)22-11-9-17-5-7-18(24-2)8-6-17;/h5-8H,3-4,9-16H2,1-2H3,(H2,20,21,22);1H. The van der Waals surface area contributed by atoms with E-state index in [1.54, 1.807) is 7.11 Å². The first-order chi connectivity index (χ1) is 12.3. The molecule has 2 rings (SSSR count). The summed E-state index contributed by atoms with van der Waals surface area (Å²) in [5.41, 5.74) is 1.29. The maximum Gasteiger partial charge on any atom is 0.190 e. The molecule has 7 heteroatoms. The molecule has 0 saturated carbocycles. The molecule has 1 aliphatic rings. The monoisotopic (exact) mass is 476 g/mol. The van der Waals surface area contributed by atoms with E-state index in [1.165, 1.54) is 12.0 Å². The van der Waals surface area contributed by atoms with Gasteiger partial charge in [-0.2, -0.15) is 0 Å². The Morgan fingerprint density at radius 1 is 1.12 bits per heavy atom. The maximum atomic E-state index is 5.37. The van der Waals surface area contributed by atoms with Gasteiger partial charge in [0.25, 0.3) is 0 Å². The summed E-state index contributed by atoms with van der Waals surface area (Å²) in [5.74, 6) is 1.77. The fourth-order valence-electron chi connectivity index (χ4n) is 2.83. The number of halogens is 1. The highest BCUT2D eigenvalue weighted by Gasteiger charge is 2.09. The highest BCUT2D eigenvalue weighted by atomic mass is 127. The zero-order chi connectivity index (χ0) is 17.7. The third kappa shape index (κ3) is 9.05. The van der Waals surface area contributed by atoms with Gasteiger partial charge in [0.1, 0.15) is 5.75 Å². The largest absolute Gasteiger partial charge is 0.497 e. The number of ether oxygens (including phenoxy) is 2. The molecule has 0 radical (unpaired) electrons. The Kier molecular flexibility index (Phi) is 12.4. The lowest BCUT2D eigenvalue weighted by molar-refractivity contribution is 0.0372. The average molecular weight is 476 g/mol. The Morgan fingerprint density at radius 2 is 1.81 bits per heavy atom. The van der Waals surface area contributed by atoms with Crippen LogP contribution in [0.3, 0.4) is 0 Å². The van der Waals surface area contributed by atoms with E-state index in [2.05, 4.69) is 32.7 Å². The number of hydrogen-bond acceptors (Lipinski definition) is 4. The van der Waals surface area contributed by atoms with Crippen molar-refractivity contribution < 1.29 is 9.47 Å². The first-order valence-corrected chi connectivity index (χ1v) is 9.19. The third-order valence-electron chi connectivity index (χ3n) is 4.39. The Balaban J connectivity index is 0.00000338. The van der Waals surface area contributed by atoms with Gasteiger partial charge in [0.05, 0.1) is 20.3 Å². The number of methoxy groups -OCH3 is 1. The second-order valence-electron chi connectivity index (χ2n) is 6.18. The molecule has 2 N–H and O–H groups in total. The van der Waals surface area contributed by atoms with Crippen molar-refractivity contribution in [1.29, 1.82) is 0 Å². The van der Waals surface area contributed by atoms with Crippen molar-refractivity contribution in [3.63, 3.8) is 0 Å². The number of hydrogen-bond donors (Lipinski definition) is 2. The zero-order valence-corrected chi connectivity index (χ0v) is 18.3. The van der Waals surface area contributed by atoms with Crippen LogP contribution < -0.4 is 15.4 Å². The van der Waals surface area contributed by atoms with E-state index in [4.69, 9.17) is 9.47 Å². The van der Waals surface area contributed by atoms with Crippen LogP contribution >= 0.6 is 24.0 Å². The summed E-state index contributed by atoms with van der Waals surface area (Å²) in [4.78, 5) is 6.76. The minimum Gasteiger partial charge on any atom is -0.497 e. The lowest BCUT2D eigenvalue weighted by Crippen LogP contribution is -2.39. The molecule has 0 spiro atoms. The number of nitrogens with zero attached hydrogens (tertiary/aromatic N) is 2. The predicted molar refractivity (Wildman–Crippen MR) is 118 cm³/mol. The van der Waals surface area contributed by atoms with Crippen LogP contribution in [0.4, 0.5) is 0 Å². The minimum absolute atomic E-state index is 0. The van der Waals surface area contributed by atoms with Crippen LogP contribution in [-0.2, 0) is 11.2 Å². The molecule has 148 valence electrons. The Labute approximate surface area is 174 Å². The molecular formula is C19H33IN4O2. The molecule has 0 bridgehead atoms. The molecule has 0 aliphatic carbocycles. The Bertz CT molecular complexity index is 505. The second-order valence-corrected chi connectivity index (χ2v) is 6.18. The van der Waals surface area contributed by atoms with E-state index in [9.17, 15) is 0 Å². The number of benzene rings is 1. The first kappa shape index (κ1) is 23.0. The van der Waals surface area contributed by atoms with Gasteiger partial charge in [0.15, 0.2) is 5.96 Å². The molecule has 6 nitrogen and oxygen atoms in total. The van der Waals surface area contributed by atoms with E-state index < -0.39 is 0 Å². The first-order valence-electron chi connectivity index (χ1n) is 9.19. The van der Waals surface area contributed by atoms with Gasteiger partial charge in [-0.1, -0.05) is 12.1 Å². The summed E-state index contributed by atoms with van der Waals surface area (Å²) in [6.45, 7) is 6.87. The average Bonchev–Trinajstić information content (AvgIpc) is 2.67. The number of unbranched alkanes of at least 4 members (excludes halogenated alkanes) is 1. The highest BCUT2D eigenvalue weighted by Crippen LogP contribution is 2.11. The topological polar surface area (TPSA) is 58.1 Å². The van der Waals surface area contributed by atoms with Crippen LogP contribution in [0.1, 0.15) is 18.4 Å². The Morgan fingerprint density at radius 3 is 2.46 bits per heavy atom. The summed E-state index contributed by atoms with van der Waals surface area (Å²) < 4.78 is 10.5. The van der Waals surface area contributed by atoms with Gasteiger partial charge >= 0.3 is 0 Å². The van der Waals surface area contributed by atoms with E-state index in [-0.39, 0.29) is 24.0 Å². The third-order valence-corrected chi connectivity index (χ3v) is 4.39. The van der Waals surface area contributed by atoms with Crippen molar-refractivity contribution in [2.45, 2.75) is 19.3 Å². The van der Waals surface area contributed by atoms with Gasteiger partial charge in [0.2, 0.25) is 0 Å². The normalized spacial score (nSPS) is 15.2. The molecule has 0 amide bonds. The van der Waals surface area contributed by atoms with Gasteiger partial charge in [-0.05, 0) is 43.5 Å². The van der Waals surface area contributed by atoms with Crippen LogP contribution in [0.5, 0.6) is 5.75 Å². The fourth-order valence-corrected chi connectivity index (χ4v) is 2.83. The second kappa shape index (κ2) is 14.1. The van der Waals surface area contributed by atoms with Crippen LogP contribution in [-0.4, -0.2) is 71.0 Å². The maximum absolute atomic E-state index is 5.37.